The van der Waals surface area contributed by atoms with Crippen LogP contribution >= 0.6 is 0 Å². The zero-order valence-corrected chi connectivity index (χ0v) is 18.3. The van der Waals surface area contributed by atoms with Gasteiger partial charge in [-0.25, -0.2) is 0 Å². The van der Waals surface area contributed by atoms with E-state index in [1.165, 1.54) is 7.11 Å². The molecule has 0 saturated heterocycles. The highest BCUT2D eigenvalue weighted by Gasteiger charge is 2.10. The number of ether oxygens (including phenoxy) is 3. The highest BCUT2D eigenvalue weighted by molar-refractivity contribution is 5.95. The lowest BCUT2D eigenvalue weighted by Crippen LogP contribution is -2.20. The van der Waals surface area contributed by atoms with Gasteiger partial charge in [0.1, 0.15) is 5.75 Å². The molecule has 0 spiro atoms. The number of nitrogens with one attached hydrogen (secondary N) is 2. The second-order valence-corrected chi connectivity index (χ2v) is 7.10. The number of aryl methyl sites for hydroxylation is 1. The summed E-state index contributed by atoms with van der Waals surface area (Å²) in [6.45, 7) is 1.77. The average molecular weight is 434 g/mol. The Labute approximate surface area is 187 Å². The van der Waals surface area contributed by atoms with Gasteiger partial charge in [0.2, 0.25) is 5.91 Å². The second-order valence-electron chi connectivity index (χ2n) is 7.10. The van der Waals surface area contributed by atoms with Gasteiger partial charge in [0, 0.05) is 11.4 Å². The number of benzene rings is 3. The summed E-state index contributed by atoms with van der Waals surface area (Å²) in [4.78, 5) is 24.7. The summed E-state index contributed by atoms with van der Waals surface area (Å²) < 4.78 is 16.0. The zero-order valence-electron chi connectivity index (χ0n) is 18.3. The van der Waals surface area contributed by atoms with E-state index in [-0.39, 0.29) is 24.8 Å². The third-order valence-electron chi connectivity index (χ3n) is 4.70. The highest BCUT2D eigenvalue weighted by atomic mass is 16.5. The fourth-order valence-electron chi connectivity index (χ4n) is 3.12. The second kappa shape index (κ2) is 10.9. The number of hydrogen-bond donors (Lipinski definition) is 2. The lowest BCUT2D eigenvalue weighted by Gasteiger charge is -2.12. The van der Waals surface area contributed by atoms with Crippen molar-refractivity contribution < 1.29 is 23.8 Å². The summed E-state index contributed by atoms with van der Waals surface area (Å²) in [6.07, 6.45) is 0.208. The quantitative estimate of drug-likeness (QED) is 0.527. The monoisotopic (exact) mass is 434 g/mol. The van der Waals surface area contributed by atoms with Gasteiger partial charge >= 0.3 is 0 Å². The average Bonchev–Trinajstić information content (AvgIpc) is 2.79. The smallest absolute Gasteiger partial charge is 0.262 e. The minimum absolute atomic E-state index is 0.168. The molecule has 0 aliphatic heterocycles. The van der Waals surface area contributed by atoms with Crippen LogP contribution in [0.2, 0.25) is 0 Å². The molecule has 3 aromatic carbocycles. The molecule has 0 saturated carbocycles. The van der Waals surface area contributed by atoms with Gasteiger partial charge in [0.15, 0.2) is 18.1 Å². The Bertz CT molecular complexity index is 1100. The third-order valence-corrected chi connectivity index (χ3v) is 4.70. The lowest BCUT2D eigenvalue weighted by molar-refractivity contribution is -0.118. The summed E-state index contributed by atoms with van der Waals surface area (Å²) in [7, 11) is 3.14. The molecule has 2 amide bonds. The fourth-order valence-corrected chi connectivity index (χ4v) is 3.12. The SMILES string of the molecule is COc1cc(CC(=O)Nc2cccc(NC(=O)COc3ccccc3OC)c2)ccc1C. The van der Waals surface area contributed by atoms with Gasteiger partial charge in [-0.2, -0.15) is 0 Å². The van der Waals surface area contributed by atoms with Crippen molar-refractivity contribution in [1.29, 1.82) is 0 Å². The standard InChI is InChI=1S/C25H26N2O5/c1-17-11-12-18(13-23(17)31-3)14-24(28)26-19-7-6-8-20(15-19)27-25(29)16-32-22-10-5-4-9-21(22)30-2/h4-13,15H,14,16H2,1-3H3,(H,26,28)(H,27,29). The van der Waals surface area contributed by atoms with Crippen molar-refractivity contribution in [1.82, 2.24) is 0 Å². The summed E-state index contributed by atoms with van der Waals surface area (Å²) in [6, 6.07) is 19.7. The Balaban J connectivity index is 1.55. The van der Waals surface area contributed by atoms with Crippen molar-refractivity contribution in [3.63, 3.8) is 0 Å². The van der Waals surface area contributed by atoms with Crippen LogP contribution in [0.25, 0.3) is 0 Å². The molecule has 3 aromatic rings. The number of rotatable bonds is 9. The van der Waals surface area contributed by atoms with Gasteiger partial charge < -0.3 is 24.8 Å². The van der Waals surface area contributed by atoms with Crippen molar-refractivity contribution in [3.05, 3.63) is 77.9 Å². The minimum Gasteiger partial charge on any atom is -0.496 e. The minimum atomic E-state index is -0.328. The highest BCUT2D eigenvalue weighted by Crippen LogP contribution is 2.25. The predicted octanol–water partition coefficient (Wildman–Crippen LogP) is 4.21. The Kier molecular flexibility index (Phi) is 7.70. The topological polar surface area (TPSA) is 85.9 Å². The number of anilines is 2. The molecular formula is C25H26N2O5. The third kappa shape index (κ3) is 6.25. The van der Waals surface area contributed by atoms with Gasteiger partial charge in [-0.05, 0) is 54.4 Å². The molecule has 0 aromatic heterocycles. The number of carbonyl (C=O) groups is 2. The molecule has 0 fully saturated rings. The maximum atomic E-state index is 12.4. The largest absolute Gasteiger partial charge is 0.496 e. The molecule has 0 bridgehead atoms. The summed E-state index contributed by atoms with van der Waals surface area (Å²) in [5, 5.41) is 5.61. The van der Waals surface area contributed by atoms with E-state index in [0.717, 1.165) is 16.9 Å². The van der Waals surface area contributed by atoms with Crippen LogP contribution in [0.3, 0.4) is 0 Å². The summed E-state index contributed by atoms with van der Waals surface area (Å²) in [5.74, 6) is 1.29. The van der Waals surface area contributed by atoms with E-state index in [4.69, 9.17) is 14.2 Å². The van der Waals surface area contributed by atoms with Gasteiger partial charge in [-0.3, -0.25) is 9.59 Å². The first-order chi connectivity index (χ1) is 15.5. The molecule has 0 heterocycles. The summed E-state index contributed by atoms with van der Waals surface area (Å²) >= 11 is 0. The van der Waals surface area contributed by atoms with Gasteiger partial charge in [0.05, 0.1) is 20.6 Å². The van der Waals surface area contributed by atoms with Crippen LogP contribution in [0.5, 0.6) is 17.2 Å². The molecule has 0 atom stereocenters. The van der Waals surface area contributed by atoms with Gasteiger partial charge in [0.25, 0.3) is 5.91 Å². The molecule has 166 valence electrons. The van der Waals surface area contributed by atoms with Crippen LogP contribution in [-0.4, -0.2) is 32.6 Å². The van der Waals surface area contributed by atoms with E-state index in [0.29, 0.717) is 22.9 Å². The maximum Gasteiger partial charge on any atom is 0.262 e. The molecule has 0 radical (unpaired) electrons. The molecule has 3 rings (SSSR count). The summed E-state index contributed by atoms with van der Waals surface area (Å²) in [5.41, 5.74) is 2.99. The number of amides is 2. The molecule has 0 aliphatic rings. The number of methoxy groups -OCH3 is 2. The van der Waals surface area contributed by atoms with E-state index in [1.807, 2.05) is 31.2 Å². The Hall–Kier alpha value is -4.00. The van der Waals surface area contributed by atoms with Crippen LogP contribution < -0.4 is 24.8 Å². The molecule has 0 aliphatic carbocycles. The maximum absolute atomic E-state index is 12.4. The molecule has 0 unspecified atom stereocenters. The van der Waals surface area contributed by atoms with E-state index in [2.05, 4.69) is 10.6 Å². The van der Waals surface area contributed by atoms with E-state index < -0.39 is 0 Å². The Morgan fingerprint density at radius 3 is 2.09 bits per heavy atom. The molecule has 32 heavy (non-hydrogen) atoms. The number of carbonyl (C=O) groups excluding carboxylic acids is 2. The van der Waals surface area contributed by atoms with Crippen LogP contribution in [0.4, 0.5) is 11.4 Å². The van der Waals surface area contributed by atoms with Crippen LogP contribution in [0, 0.1) is 6.92 Å². The van der Waals surface area contributed by atoms with Crippen LogP contribution in [0.1, 0.15) is 11.1 Å². The van der Waals surface area contributed by atoms with Gasteiger partial charge in [-0.1, -0.05) is 30.3 Å². The van der Waals surface area contributed by atoms with E-state index in [9.17, 15) is 9.59 Å². The van der Waals surface area contributed by atoms with Crippen molar-refractivity contribution in [2.75, 3.05) is 31.5 Å². The van der Waals surface area contributed by atoms with Crippen LogP contribution in [-0.2, 0) is 16.0 Å². The molecule has 2 N–H and O–H groups in total. The Morgan fingerprint density at radius 2 is 1.41 bits per heavy atom. The van der Waals surface area contributed by atoms with Crippen molar-refractivity contribution >= 4 is 23.2 Å². The van der Waals surface area contributed by atoms with Crippen molar-refractivity contribution in [2.45, 2.75) is 13.3 Å². The molecule has 7 nitrogen and oxygen atoms in total. The fraction of sp³-hybridized carbons (Fsp3) is 0.200. The lowest BCUT2D eigenvalue weighted by atomic mass is 10.1. The molecule has 7 heteroatoms. The first-order valence-corrected chi connectivity index (χ1v) is 10.1. The first kappa shape index (κ1) is 22.7. The first-order valence-electron chi connectivity index (χ1n) is 10.1. The van der Waals surface area contributed by atoms with E-state index >= 15 is 0 Å². The Morgan fingerprint density at radius 1 is 0.750 bits per heavy atom. The predicted molar refractivity (Wildman–Crippen MR) is 124 cm³/mol. The number of hydrogen-bond acceptors (Lipinski definition) is 5. The van der Waals surface area contributed by atoms with Gasteiger partial charge in [-0.15, -0.1) is 0 Å². The van der Waals surface area contributed by atoms with Crippen molar-refractivity contribution in [2.24, 2.45) is 0 Å². The normalized spacial score (nSPS) is 10.2. The van der Waals surface area contributed by atoms with Crippen molar-refractivity contribution in [3.8, 4) is 17.2 Å². The van der Waals surface area contributed by atoms with E-state index in [1.54, 1.807) is 49.6 Å². The molecular weight excluding hydrogens is 408 g/mol. The zero-order chi connectivity index (χ0) is 22.9. The number of para-hydroxylation sites is 2. The van der Waals surface area contributed by atoms with Crippen LogP contribution in [0.15, 0.2) is 66.7 Å².